The molecule has 1 heterocycles. The number of likely N-dealkylation sites (tertiary alicyclic amines) is 1. The number of aliphatic imine (C=N–C) groups is 1. The number of hydrogen-bond acceptors (Lipinski definition) is 4. The number of amides is 2. The van der Waals surface area contributed by atoms with Crippen LogP contribution in [0, 0.1) is 5.92 Å². The summed E-state index contributed by atoms with van der Waals surface area (Å²) in [5, 5.41) is 4.05. The molecule has 1 atom stereocenters. The van der Waals surface area contributed by atoms with Gasteiger partial charge in [0.05, 0.1) is 0 Å². The minimum absolute atomic E-state index is 0.0206. The number of amidine groups is 1. The molecule has 32 heavy (non-hydrogen) atoms. The Kier molecular flexibility index (Phi) is 8.76. The van der Waals surface area contributed by atoms with Gasteiger partial charge in [-0.25, -0.2) is 4.99 Å². The Morgan fingerprint density at radius 2 is 1.69 bits per heavy atom. The Morgan fingerprint density at radius 3 is 2.25 bits per heavy atom. The van der Waals surface area contributed by atoms with Crippen LogP contribution in [-0.4, -0.2) is 47.3 Å². The minimum Gasteiger partial charge on any atom is -0.341 e. The van der Waals surface area contributed by atoms with E-state index < -0.39 is 6.04 Å². The Labute approximate surface area is 199 Å². The van der Waals surface area contributed by atoms with Gasteiger partial charge in [-0.1, -0.05) is 67.5 Å². The van der Waals surface area contributed by atoms with Crippen LogP contribution in [0.5, 0.6) is 0 Å². The number of rotatable bonds is 5. The Balaban J connectivity index is 1.65. The molecule has 1 fully saturated rings. The monoisotopic (exact) mass is 471 g/mol. The van der Waals surface area contributed by atoms with Crippen molar-refractivity contribution in [2.75, 3.05) is 19.3 Å². The second-order valence-corrected chi connectivity index (χ2v) is 9.53. The van der Waals surface area contributed by atoms with Gasteiger partial charge in [0, 0.05) is 23.7 Å². The van der Waals surface area contributed by atoms with Gasteiger partial charge < -0.3 is 10.2 Å². The second-order valence-electron chi connectivity index (χ2n) is 8.30. The first-order valence-electron chi connectivity index (χ1n) is 10.9. The number of benzene rings is 2. The van der Waals surface area contributed by atoms with Crippen molar-refractivity contribution in [3.05, 3.63) is 70.7 Å². The fourth-order valence-electron chi connectivity index (χ4n) is 3.87. The van der Waals surface area contributed by atoms with E-state index in [1.807, 2.05) is 55.3 Å². The molecule has 1 aliphatic rings. The lowest BCUT2D eigenvalue weighted by Gasteiger charge is -2.34. The molecule has 0 aliphatic carbocycles. The van der Waals surface area contributed by atoms with E-state index in [1.54, 1.807) is 12.1 Å². The first kappa shape index (κ1) is 24.3. The normalized spacial score (nSPS) is 16.2. The highest BCUT2D eigenvalue weighted by atomic mass is 35.5. The van der Waals surface area contributed by atoms with Crippen molar-refractivity contribution in [3.8, 4) is 0 Å². The average molecular weight is 472 g/mol. The summed E-state index contributed by atoms with van der Waals surface area (Å²) in [6, 6.07) is 16.5. The lowest BCUT2D eigenvalue weighted by atomic mass is 9.89. The molecule has 0 radical (unpaired) electrons. The van der Waals surface area contributed by atoms with Crippen molar-refractivity contribution >= 4 is 40.3 Å². The van der Waals surface area contributed by atoms with Gasteiger partial charge in [-0.05, 0) is 60.8 Å². The van der Waals surface area contributed by atoms with Crippen LogP contribution in [0.1, 0.15) is 48.5 Å². The summed E-state index contributed by atoms with van der Waals surface area (Å²) in [4.78, 5) is 32.4. The molecule has 7 heteroatoms. The fraction of sp³-hybridized carbons (Fsp3) is 0.400. The van der Waals surface area contributed by atoms with Crippen LogP contribution in [0.15, 0.2) is 59.6 Å². The number of piperidine rings is 1. The number of carbonyl (C=O) groups excluding carboxylic acids is 2. The third-order valence-corrected chi connectivity index (χ3v) is 6.58. The SMILES string of the molecule is CSC(=NC(C(=O)N1CCC(c2ccc(Cl)cc2)CC1)C(C)C)NC(=O)c1ccccc1. The maximum atomic E-state index is 13.3. The van der Waals surface area contributed by atoms with Gasteiger partial charge in [0.15, 0.2) is 5.17 Å². The molecule has 1 N–H and O–H groups in total. The molecule has 2 aromatic rings. The van der Waals surface area contributed by atoms with Crippen LogP contribution in [-0.2, 0) is 4.79 Å². The molecule has 2 amide bonds. The molecule has 3 rings (SSSR count). The van der Waals surface area contributed by atoms with E-state index in [0.717, 1.165) is 17.9 Å². The van der Waals surface area contributed by atoms with Crippen LogP contribution >= 0.6 is 23.4 Å². The van der Waals surface area contributed by atoms with E-state index in [9.17, 15) is 9.59 Å². The summed E-state index contributed by atoms with van der Waals surface area (Å²) in [5.41, 5.74) is 1.83. The van der Waals surface area contributed by atoms with Crippen molar-refractivity contribution in [2.45, 2.75) is 38.6 Å². The molecule has 1 saturated heterocycles. The number of carbonyl (C=O) groups is 2. The summed E-state index contributed by atoms with van der Waals surface area (Å²) in [7, 11) is 0. The fourth-order valence-corrected chi connectivity index (χ4v) is 4.41. The highest BCUT2D eigenvalue weighted by Crippen LogP contribution is 2.29. The lowest BCUT2D eigenvalue weighted by molar-refractivity contribution is -0.134. The van der Waals surface area contributed by atoms with Crippen molar-refractivity contribution in [1.82, 2.24) is 10.2 Å². The maximum Gasteiger partial charge on any atom is 0.257 e. The molecule has 1 unspecified atom stereocenters. The van der Waals surface area contributed by atoms with Crippen LogP contribution in [0.25, 0.3) is 0 Å². The zero-order chi connectivity index (χ0) is 23.1. The van der Waals surface area contributed by atoms with E-state index in [4.69, 9.17) is 11.6 Å². The zero-order valence-corrected chi connectivity index (χ0v) is 20.3. The van der Waals surface area contributed by atoms with Gasteiger partial charge in [-0.3, -0.25) is 9.59 Å². The van der Waals surface area contributed by atoms with Crippen LogP contribution < -0.4 is 5.32 Å². The molecular weight excluding hydrogens is 442 g/mol. The third-order valence-electron chi connectivity index (χ3n) is 5.74. The average Bonchev–Trinajstić information content (AvgIpc) is 2.82. The van der Waals surface area contributed by atoms with Gasteiger partial charge >= 0.3 is 0 Å². The first-order valence-corrected chi connectivity index (χ1v) is 12.5. The smallest absolute Gasteiger partial charge is 0.257 e. The van der Waals surface area contributed by atoms with E-state index in [0.29, 0.717) is 29.7 Å². The highest BCUT2D eigenvalue weighted by Gasteiger charge is 2.31. The Hall–Kier alpha value is -2.31. The quantitative estimate of drug-likeness (QED) is 0.480. The van der Waals surface area contributed by atoms with Crippen molar-refractivity contribution in [2.24, 2.45) is 10.9 Å². The summed E-state index contributed by atoms with van der Waals surface area (Å²) in [5.74, 6) is 0.254. The minimum atomic E-state index is -0.527. The molecule has 0 spiro atoms. The predicted molar refractivity (Wildman–Crippen MR) is 133 cm³/mol. The molecule has 1 aliphatic heterocycles. The van der Waals surface area contributed by atoms with Gasteiger partial charge in [0.2, 0.25) is 5.91 Å². The summed E-state index contributed by atoms with van der Waals surface area (Å²) >= 11 is 7.34. The van der Waals surface area contributed by atoms with E-state index >= 15 is 0 Å². The van der Waals surface area contributed by atoms with E-state index in [2.05, 4.69) is 22.4 Å². The van der Waals surface area contributed by atoms with Crippen LogP contribution in [0.4, 0.5) is 0 Å². The van der Waals surface area contributed by atoms with Crippen molar-refractivity contribution < 1.29 is 9.59 Å². The van der Waals surface area contributed by atoms with Gasteiger partial charge in [-0.15, -0.1) is 0 Å². The second kappa shape index (κ2) is 11.5. The molecule has 5 nitrogen and oxygen atoms in total. The number of nitrogens with zero attached hydrogens (tertiary/aromatic N) is 2. The van der Waals surface area contributed by atoms with Crippen LogP contribution in [0.2, 0.25) is 5.02 Å². The van der Waals surface area contributed by atoms with E-state index in [-0.39, 0.29) is 17.7 Å². The molecule has 0 aromatic heterocycles. The van der Waals surface area contributed by atoms with Gasteiger partial charge in [0.25, 0.3) is 5.91 Å². The van der Waals surface area contributed by atoms with Gasteiger partial charge in [0.1, 0.15) is 6.04 Å². The van der Waals surface area contributed by atoms with Crippen molar-refractivity contribution in [1.29, 1.82) is 0 Å². The molecular formula is C25H30ClN3O2S. The summed E-state index contributed by atoms with van der Waals surface area (Å²) in [6.07, 6.45) is 3.69. The topological polar surface area (TPSA) is 61.8 Å². The largest absolute Gasteiger partial charge is 0.341 e. The summed E-state index contributed by atoms with van der Waals surface area (Å²) < 4.78 is 0. The number of thioether (sulfide) groups is 1. The standard InChI is InChI=1S/C25H30ClN3O2S/c1-17(2)22(27-25(32-3)28-23(30)20-7-5-4-6-8-20)24(31)29-15-13-19(14-16-29)18-9-11-21(26)12-10-18/h4-12,17,19,22H,13-16H2,1-3H3,(H,27,28,30). The highest BCUT2D eigenvalue weighted by molar-refractivity contribution is 8.13. The zero-order valence-electron chi connectivity index (χ0n) is 18.8. The Bertz CT molecular complexity index is 939. The van der Waals surface area contributed by atoms with E-state index in [1.165, 1.54) is 17.3 Å². The van der Waals surface area contributed by atoms with Crippen LogP contribution in [0.3, 0.4) is 0 Å². The third kappa shape index (κ3) is 6.36. The lowest BCUT2D eigenvalue weighted by Crippen LogP contribution is -2.45. The molecule has 0 saturated carbocycles. The number of nitrogens with one attached hydrogen (secondary N) is 1. The number of hydrogen-bond donors (Lipinski definition) is 1. The maximum absolute atomic E-state index is 13.3. The molecule has 0 bridgehead atoms. The summed E-state index contributed by atoms with van der Waals surface area (Å²) in [6.45, 7) is 5.39. The Morgan fingerprint density at radius 1 is 1.06 bits per heavy atom. The molecule has 2 aromatic carbocycles. The van der Waals surface area contributed by atoms with Crippen molar-refractivity contribution in [3.63, 3.8) is 0 Å². The van der Waals surface area contributed by atoms with Gasteiger partial charge in [-0.2, -0.15) is 0 Å². The molecule has 170 valence electrons. The number of halogens is 1. The predicted octanol–water partition coefficient (Wildman–Crippen LogP) is 5.22. The first-order chi connectivity index (χ1) is 15.4.